The summed E-state index contributed by atoms with van der Waals surface area (Å²) in [5.41, 5.74) is 23.0. The van der Waals surface area contributed by atoms with E-state index < -0.39 is 5.41 Å². The Hall–Kier alpha value is -11.2. The van der Waals surface area contributed by atoms with Gasteiger partial charge in [-0.15, -0.1) is 0 Å². The summed E-state index contributed by atoms with van der Waals surface area (Å²) in [5.74, 6) is 5.96. The minimum Gasteiger partial charge on any atom is -0.369 e. The molecule has 10 aromatic heterocycles. The number of anilines is 5. The monoisotopic (exact) mass is 1790 g/mol. The molecule has 15 aromatic rings. The highest BCUT2D eigenvalue weighted by Crippen LogP contribution is 2.59. The Morgan fingerprint density at radius 1 is 0.381 bits per heavy atom. The summed E-state index contributed by atoms with van der Waals surface area (Å²) >= 11 is 30.8. The molecular weight excluding hydrogens is 1690 g/mol. The number of piperidine rings is 5. The lowest BCUT2D eigenvalue weighted by Crippen LogP contribution is -2.48. The molecule has 2 unspecified atom stereocenters. The second-order valence-electron chi connectivity index (χ2n) is 36.4. The molecule has 5 saturated heterocycles. The number of aromatic nitrogens is 20. The van der Waals surface area contributed by atoms with E-state index in [2.05, 4.69) is 147 Å². The van der Waals surface area contributed by atoms with E-state index in [1.807, 2.05) is 153 Å². The molecule has 126 heavy (non-hydrogen) atoms. The first kappa shape index (κ1) is 85.6. The van der Waals surface area contributed by atoms with Crippen molar-refractivity contribution in [3.63, 3.8) is 0 Å². The van der Waals surface area contributed by atoms with Crippen LogP contribution in [0.2, 0.25) is 25.1 Å². The van der Waals surface area contributed by atoms with Gasteiger partial charge >= 0.3 is 0 Å². The lowest BCUT2D eigenvalue weighted by atomic mass is 9.56. The number of amides is 1. The van der Waals surface area contributed by atoms with E-state index in [9.17, 15) is 4.79 Å². The zero-order valence-corrected chi connectivity index (χ0v) is 75.7. The third-order valence-corrected chi connectivity index (χ3v) is 29.5. The molecular formula is C94H103Cl5N26O. The normalized spacial score (nSPS) is 19.0. The van der Waals surface area contributed by atoms with Crippen molar-refractivity contribution in [3.8, 4) is 56.3 Å². The van der Waals surface area contributed by atoms with Gasteiger partial charge in [0.25, 0.3) is 0 Å². The first-order valence-corrected chi connectivity index (χ1v) is 45.7. The van der Waals surface area contributed by atoms with Crippen molar-refractivity contribution >= 4 is 149 Å². The van der Waals surface area contributed by atoms with Gasteiger partial charge in [0.1, 0.15) is 56.7 Å². The number of halogens is 5. The highest BCUT2D eigenvalue weighted by atomic mass is 35.5. The molecule has 15 heterocycles. The number of nitrogens with two attached hydrogens (primary N) is 1. The van der Waals surface area contributed by atoms with Crippen LogP contribution >= 0.6 is 58.0 Å². The Morgan fingerprint density at radius 3 is 1.05 bits per heavy atom. The van der Waals surface area contributed by atoms with E-state index in [-0.39, 0.29) is 5.91 Å². The molecule has 27 nitrogen and oxygen atoms in total. The Balaban J connectivity index is 0.000000107. The van der Waals surface area contributed by atoms with Crippen LogP contribution in [0.4, 0.5) is 29.1 Å². The Bertz CT molecular complexity index is 6420. The number of primary amides is 1. The van der Waals surface area contributed by atoms with Gasteiger partial charge in [-0.1, -0.05) is 186 Å². The Labute approximate surface area is 756 Å². The summed E-state index contributed by atoms with van der Waals surface area (Å²) in [6.45, 7) is 25.8. The van der Waals surface area contributed by atoms with Crippen molar-refractivity contribution in [1.82, 2.24) is 101 Å². The number of H-pyrrole nitrogens is 5. The molecule has 2 spiro atoms. The van der Waals surface area contributed by atoms with Gasteiger partial charge in [-0.3, -0.25) is 30.3 Å². The SMILES string of the molecule is CC1(C(N)=O)CCN(c2cnc3c(-c4cccc(Cl)c4)[nH]nc3n2)CC1.CC1(C)CCN(c2cnc3c(-c4cccc(Cl)c4)[nH]nc3n2)CC1.CC1CC12CCN(c1cnc3c(-c4ccccc4Cl)[nH]nc3n1)CC2.CC1CCC12CCN(c1cnc3c(-c4ccccc4Cl)[nH]nc3n1)CC2.CCC1(C)CCN(c2cnc3c(-c4ccc(Cl)cc4)[nH]nc3n2)CC1. The molecule has 0 radical (unpaired) electrons. The number of fused-ring (bicyclic) bond motifs is 5. The van der Waals surface area contributed by atoms with Gasteiger partial charge in [0, 0.05) is 114 Å². The number of carbonyl (C=O) groups is 1. The quantitative estimate of drug-likeness (QED) is 0.0662. The van der Waals surface area contributed by atoms with Crippen molar-refractivity contribution in [1.29, 1.82) is 0 Å². The van der Waals surface area contributed by atoms with Crippen LogP contribution in [-0.4, -0.2) is 172 Å². The van der Waals surface area contributed by atoms with E-state index in [0.29, 0.717) is 106 Å². The number of hydrogen-bond donors (Lipinski definition) is 6. The van der Waals surface area contributed by atoms with E-state index >= 15 is 0 Å². The maximum absolute atomic E-state index is 11.6. The first-order valence-electron chi connectivity index (χ1n) is 43.8. The number of aromatic amines is 5. The second kappa shape index (κ2) is 35.5. The van der Waals surface area contributed by atoms with Crippen LogP contribution in [0.25, 0.3) is 112 Å². The molecule has 7 N–H and O–H groups in total. The van der Waals surface area contributed by atoms with Crippen LogP contribution in [0.15, 0.2) is 152 Å². The summed E-state index contributed by atoms with van der Waals surface area (Å²) in [7, 11) is 0. The fraction of sp³-hybridized carbons (Fsp3) is 0.404. The molecule has 32 heteroatoms. The van der Waals surface area contributed by atoms with E-state index in [4.69, 9.17) is 83.7 Å². The molecule has 0 bridgehead atoms. The molecule has 22 rings (SSSR count). The average molecular weight is 1790 g/mol. The maximum atomic E-state index is 11.6. The van der Waals surface area contributed by atoms with Crippen molar-refractivity contribution < 1.29 is 4.79 Å². The summed E-state index contributed by atoms with van der Waals surface area (Å²) in [6.07, 6.45) is 25.8. The largest absolute Gasteiger partial charge is 0.369 e. The Kier molecular flexibility index (Phi) is 24.1. The molecule has 7 fully saturated rings. The van der Waals surface area contributed by atoms with Gasteiger partial charge < -0.3 is 30.2 Å². The van der Waals surface area contributed by atoms with Crippen molar-refractivity contribution in [3.05, 3.63) is 177 Å². The molecule has 650 valence electrons. The minimum atomic E-state index is -0.444. The van der Waals surface area contributed by atoms with Crippen molar-refractivity contribution in [2.45, 2.75) is 138 Å². The average Bonchev–Trinajstić information content (AvgIpc) is 1.55. The molecule has 2 saturated carbocycles. The smallest absolute Gasteiger partial charge is 0.223 e. The minimum absolute atomic E-state index is 0.239. The zero-order valence-electron chi connectivity index (χ0n) is 71.9. The summed E-state index contributed by atoms with van der Waals surface area (Å²) in [5, 5.41) is 40.4. The van der Waals surface area contributed by atoms with Gasteiger partial charge in [0.2, 0.25) is 34.1 Å². The van der Waals surface area contributed by atoms with Gasteiger partial charge in [0.05, 0.1) is 69.5 Å². The Morgan fingerprint density at radius 2 is 0.714 bits per heavy atom. The number of nitrogens with zero attached hydrogens (tertiary/aromatic N) is 20. The van der Waals surface area contributed by atoms with E-state index in [1.165, 1.54) is 77.0 Å². The highest BCUT2D eigenvalue weighted by molar-refractivity contribution is 6.34. The first-order chi connectivity index (χ1) is 60.9. The zero-order chi connectivity index (χ0) is 87.2. The van der Waals surface area contributed by atoms with Crippen LogP contribution in [-0.2, 0) is 4.79 Å². The third kappa shape index (κ3) is 17.9. The van der Waals surface area contributed by atoms with Crippen molar-refractivity contribution in [2.75, 3.05) is 89.9 Å². The topological polar surface area (TPSA) is 332 Å². The number of hydrogen-bond acceptors (Lipinski definition) is 21. The summed E-state index contributed by atoms with van der Waals surface area (Å²) < 4.78 is 0. The number of benzene rings is 5. The van der Waals surface area contributed by atoms with Gasteiger partial charge in [0.15, 0.2) is 0 Å². The molecule has 5 aliphatic heterocycles. The standard InChI is InChI=1S/C20H22ClN5.C19H20ClN5.C19H22ClN5.C18H19ClN6O.C18H20ClN5/c1-13-6-7-20(13)8-10-26(11-9-20)16-12-22-18-17(24-25-19(18)23-16)14-4-2-3-5-15(14)21;1-12-10-19(12)6-8-25(9-7-19)15-11-21-17-16(23-24-18(17)22-15)13-4-2-3-5-14(13)20;1-3-19(2)8-10-25(11-9-19)15-12-21-17-16(23-24-18(17)22-15)13-4-6-14(20)7-5-13;1-18(17(20)26)5-7-25(8-6-18)13-10-21-15-14(23-24-16(15)22-13)11-3-2-4-12(19)9-11;1-18(2)6-8-24(9-7-18)14-11-20-16-15(22-23-17(16)21-14)12-4-3-5-13(19)10-12/h2-5,12-13H,6-11H2,1H3,(H,23,24,25);2-5,11-12H,6-10H2,1H3,(H,22,23,24);4-7,12H,3,8-11H2,1-2H3,(H,22,23,24);2-4,9-10H,5-8H2,1H3,(H2,20,26)(H,22,23,24);3-5,10-11H,6-9H2,1-2H3,(H,21,22,23). The number of nitrogens with one attached hydrogen (secondary N) is 5. The third-order valence-electron chi connectivity index (χ3n) is 28.2. The van der Waals surface area contributed by atoms with Crippen molar-refractivity contribution in [2.24, 2.45) is 44.6 Å². The second-order valence-corrected chi connectivity index (χ2v) is 38.6. The lowest BCUT2D eigenvalue weighted by Gasteiger charge is -2.53. The van der Waals surface area contributed by atoms with Crippen LogP contribution in [0.1, 0.15) is 138 Å². The maximum Gasteiger partial charge on any atom is 0.223 e. The lowest BCUT2D eigenvalue weighted by molar-refractivity contribution is -0.127. The van der Waals surface area contributed by atoms with Crippen LogP contribution in [0, 0.1) is 38.9 Å². The van der Waals surface area contributed by atoms with Gasteiger partial charge in [-0.25, -0.2) is 49.8 Å². The fourth-order valence-corrected chi connectivity index (χ4v) is 19.5. The van der Waals surface area contributed by atoms with Gasteiger partial charge in [-0.2, -0.15) is 25.5 Å². The predicted octanol–water partition coefficient (Wildman–Crippen LogP) is 20.7. The molecule has 2 aliphatic carbocycles. The van der Waals surface area contributed by atoms with E-state index in [0.717, 1.165) is 172 Å². The molecule has 7 aliphatic rings. The molecule has 5 aromatic carbocycles. The highest BCUT2D eigenvalue weighted by Gasteiger charge is 2.52. The predicted molar refractivity (Wildman–Crippen MR) is 504 cm³/mol. The summed E-state index contributed by atoms with van der Waals surface area (Å²) in [4.78, 5) is 69.7. The summed E-state index contributed by atoms with van der Waals surface area (Å²) in [6, 6.07) is 38.2. The van der Waals surface area contributed by atoms with Crippen LogP contribution < -0.4 is 30.2 Å². The van der Waals surface area contributed by atoms with Crippen LogP contribution in [0.3, 0.4) is 0 Å². The van der Waals surface area contributed by atoms with E-state index in [1.54, 1.807) is 6.20 Å². The van der Waals surface area contributed by atoms with Crippen LogP contribution in [0.5, 0.6) is 0 Å². The number of carbonyl (C=O) groups excluding carboxylic acids is 1. The molecule has 2 atom stereocenters. The number of rotatable bonds is 12. The fourth-order valence-electron chi connectivity index (χ4n) is 18.5. The van der Waals surface area contributed by atoms with Gasteiger partial charge in [-0.05, 0) is 165 Å². The molecule has 1 amide bonds.